The summed E-state index contributed by atoms with van der Waals surface area (Å²) < 4.78 is 5.78. The molecule has 126 valence electrons. The summed E-state index contributed by atoms with van der Waals surface area (Å²) in [5.74, 6) is 0.885. The monoisotopic (exact) mass is 297 g/mol. The van der Waals surface area contributed by atoms with E-state index in [-0.39, 0.29) is 0 Å². The molecular weight excluding hydrogens is 258 g/mol. The van der Waals surface area contributed by atoms with Gasteiger partial charge in [0, 0.05) is 13.1 Å². The molecule has 2 atom stereocenters. The van der Waals surface area contributed by atoms with Crippen molar-refractivity contribution >= 4 is 0 Å². The van der Waals surface area contributed by atoms with Gasteiger partial charge in [0.2, 0.25) is 0 Å². The van der Waals surface area contributed by atoms with E-state index in [1.54, 1.807) is 0 Å². The van der Waals surface area contributed by atoms with Crippen LogP contribution in [0.1, 0.15) is 85.5 Å². The van der Waals surface area contributed by atoms with E-state index in [9.17, 15) is 0 Å². The van der Waals surface area contributed by atoms with E-state index in [4.69, 9.17) is 4.74 Å². The molecule has 1 rings (SSSR count). The van der Waals surface area contributed by atoms with Gasteiger partial charge >= 0.3 is 0 Å². The highest BCUT2D eigenvalue weighted by atomic mass is 16.5. The molecule has 0 aliphatic carbocycles. The van der Waals surface area contributed by atoms with Crippen LogP contribution in [0.3, 0.4) is 0 Å². The SMILES string of the molecule is CC(C)CCCCCCCCCCN1C[C@H](C)O[C@@H](C)C1. The molecule has 1 fully saturated rings. The maximum atomic E-state index is 5.78. The van der Waals surface area contributed by atoms with Crippen LogP contribution in [-0.4, -0.2) is 36.7 Å². The molecule has 1 heterocycles. The highest BCUT2D eigenvalue weighted by Crippen LogP contribution is 2.14. The maximum Gasteiger partial charge on any atom is 0.0678 e. The Kier molecular flexibility index (Phi) is 10.4. The molecule has 1 saturated heterocycles. The van der Waals surface area contributed by atoms with E-state index in [2.05, 4.69) is 32.6 Å². The predicted molar refractivity (Wildman–Crippen MR) is 92.8 cm³/mol. The number of ether oxygens (including phenoxy) is 1. The van der Waals surface area contributed by atoms with Gasteiger partial charge in [-0.1, -0.05) is 65.2 Å². The number of unbranched alkanes of at least 4 members (excludes halogenated alkanes) is 7. The lowest BCUT2D eigenvalue weighted by atomic mass is 10.0. The van der Waals surface area contributed by atoms with E-state index in [0.29, 0.717) is 12.2 Å². The predicted octanol–water partition coefficient (Wildman–Crippen LogP) is 5.26. The van der Waals surface area contributed by atoms with Gasteiger partial charge < -0.3 is 4.74 Å². The van der Waals surface area contributed by atoms with Crippen molar-refractivity contribution in [3.8, 4) is 0 Å². The van der Waals surface area contributed by atoms with Crippen molar-refractivity contribution in [2.45, 2.75) is 97.7 Å². The quantitative estimate of drug-likeness (QED) is 0.482. The minimum Gasteiger partial charge on any atom is -0.373 e. The molecule has 0 aromatic heterocycles. The number of nitrogens with zero attached hydrogens (tertiary/aromatic N) is 1. The Labute approximate surface area is 133 Å². The van der Waals surface area contributed by atoms with E-state index < -0.39 is 0 Å². The lowest BCUT2D eigenvalue weighted by molar-refractivity contribution is -0.0681. The second kappa shape index (κ2) is 11.5. The number of hydrogen-bond donors (Lipinski definition) is 0. The first-order valence-corrected chi connectivity index (χ1v) is 9.45. The summed E-state index contributed by atoms with van der Waals surface area (Å²) in [7, 11) is 0. The van der Waals surface area contributed by atoms with Crippen LogP contribution in [0.2, 0.25) is 0 Å². The minimum atomic E-state index is 0.416. The molecule has 0 N–H and O–H groups in total. The smallest absolute Gasteiger partial charge is 0.0678 e. The number of rotatable bonds is 11. The second-order valence-corrected chi connectivity index (χ2v) is 7.53. The summed E-state index contributed by atoms with van der Waals surface area (Å²) >= 11 is 0. The third kappa shape index (κ3) is 10.3. The molecule has 0 unspecified atom stereocenters. The third-order valence-electron chi connectivity index (χ3n) is 4.50. The van der Waals surface area contributed by atoms with Gasteiger partial charge in [0.25, 0.3) is 0 Å². The summed E-state index contributed by atoms with van der Waals surface area (Å²) in [6, 6.07) is 0. The van der Waals surface area contributed by atoms with Crippen LogP contribution in [0.15, 0.2) is 0 Å². The van der Waals surface area contributed by atoms with Crippen molar-refractivity contribution in [3.05, 3.63) is 0 Å². The highest BCUT2D eigenvalue weighted by molar-refractivity contribution is 4.72. The highest BCUT2D eigenvalue weighted by Gasteiger charge is 2.21. The molecule has 2 heteroatoms. The lowest BCUT2D eigenvalue weighted by Crippen LogP contribution is -2.45. The zero-order valence-electron chi connectivity index (χ0n) is 15.1. The van der Waals surface area contributed by atoms with Crippen LogP contribution in [0.25, 0.3) is 0 Å². The molecule has 21 heavy (non-hydrogen) atoms. The van der Waals surface area contributed by atoms with Crippen LogP contribution in [-0.2, 0) is 4.74 Å². The van der Waals surface area contributed by atoms with Crippen LogP contribution in [0, 0.1) is 5.92 Å². The summed E-state index contributed by atoms with van der Waals surface area (Å²) in [4.78, 5) is 2.59. The second-order valence-electron chi connectivity index (χ2n) is 7.53. The van der Waals surface area contributed by atoms with Crippen LogP contribution >= 0.6 is 0 Å². The molecule has 1 aliphatic rings. The maximum absolute atomic E-state index is 5.78. The Bertz CT molecular complexity index is 232. The van der Waals surface area contributed by atoms with Gasteiger partial charge in [0.1, 0.15) is 0 Å². The zero-order chi connectivity index (χ0) is 15.5. The molecule has 0 aromatic rings. The first-order valence-electron chi connectivity index (χ1n) is 9.45. The molecule has 2 nitrogen and oxygen atoms in total. The minimum absolute atomic E-state index is 0.416. The van der Waals surface area contributed by atoms with Crippen LogP contribution in [0.5, 0.6) is 0 Å². The van der Waals surface area contributed by atoms with Crippen molar-refractivity contribution in [2.24, 2.45) is 5.92 Å². The molecule has 0 amide bonds. The summed E-state index contributed by atoms with van der Waals surface area (Å²) in [5, 5.41) is 0. The average molecular weight is 298 g/mol. The van der Waals surface area contributed by atoms with Crippen LogP contribution in [0.4, 0.5) is 0 Å². The Hall–Kier alpha value is -0.0800. The topological polar surface area (TPSA) is 12.5 Å². The van der Waals surface area contributed by atoms with Gasteiger partial charge in [-0.05, 0) is 32.7 Å². The fourth-order valence-corrected chi connectivity index (χ4v) is 3.42. The fraction of sp³-hybridized carbons (Fsp3) is 1.00. The first kappa shape index (κ1) is 19.0. The molecule has 0 aromatic carbocycles. The summed E-state index contributed by atoms with van der Waals surface area (Å²) in [5.41, 5.74) is 0. The van der Waals surface area contributed by atoms with E-state index in [0.717, 1.165) is 19.0 Å². The summed E-state index contributed by atoms with van der Waals surface area (Å²) in [6.07, 6.45) is 13.7. The van der Waals surface area contributed by atoms with Crippen molar-refractivity contribution in [3.63, 3.8) is 0 Å². The Balaban J connectivity index is 1.84. The standard InChI is InChI=1S/C19H39NO/c1-17(2)13-11-9-7-5-6-8-10-12-14-20-15-18(3)21-19(4)16-20/h17-19H,5-16H2,1-4H3/t18-,19-/m0/s1. The zero-order valence-corrected chi connectivity index (χ0v) is 15.1. The molecule has 0 radical (unpaired) electrons. The van der Waals surface area contributed by atoms with Gasteiger partial charge in [-0.2, -0.15) is 0 Å². The lowest BCUT2D eigenvalue weighted by Gasteiger charge is -2.35. The van der Waals surface area contributed by atoms with E-state index in [1.807, 2.05) is 0 Å². The van der Waals surface area contributed by atoms with E-state index in [1.165, 1.54) is 64.3 Å². The van der Waals surface area contributed by atoms with Crippen molar-refractivity contribution in [1.29, 1.82) is 0 Å². The summed E-state index contributed by atoms with van der Waals surface area (Å²) in [6.45, 7) is 12.6. The number of hydrogen-bond acceptors (Lipinski definition) is 2. The van der Waals surface area contributed by atoms with Crippen molar-refractivity contribution in [2.75, 3.05) is 19.6 Å². The van der Waals surface area contributed by atoms with Gasteiger partial charge in [-0.3, -0.25) is 4.90 Å². The molecular formula is C19H39NO. The number of morpholine rings is 1. The third-order valence-corrected chi connectivity index (χ3v) is 4.50. The molecule has 1 aliphatic heterocycles. The first-order chi connectivity index (χ1) is 10.1. The fourth-order valence-electron chi connectivity index (χ4n) is 3.42. The van der Waals surface area contributed by atoms with Gasteiger partial charge in [-0.15, -0.1) is 0 Å². The van der Waals surface area contributed by atoms with Crippen LogP contribution < -0.4 is 0 Å². The van der Waals surface area contributed by atoms with E-state index >= 15 is 0 Å². The molecule has 0 saturated carbocycles. The molecule has 0 bridgehead atoms. The van der Waals surface area contributed by atoms with Gasteiger partial charge in [0.15, 0.2) is 0 Å². The Morgan fingerprint density at radius 2 is 1.29 bits per heavy atom. The largest absolute Gasteiger partial charge is 0.373 e. The Morgan fingerprint density at radius 3 is 1.81 bits per heavy atom. The van der Waals surface area contributed by atoms with Crippen molar-refractivity contribution < 1.29 is 4.74 Å². The normalized spacial score (nSPS) is 23.9. The Morgan fingerprint density at radius 1 is 0.810 bits per heavy atom. The van der Waals surface area contributed by atoms with Gasteiger partial charge in [0.05, 0.1) is 12.2 Å². The van der Waals surface area contributed by atoms with Crippen molar-refractivity contribution in [1.82, 2.24) is 4.90 Å². The molecule has 0 spiro atoms. The average Bonchev–Trinajstić information content (AvgIpc) is 2.39. The van der Waals surface area contributed by atoms with Gasteiger partial charge in [-0.25, -0.2) is 0 Å².